The Balaban J connectivity index is 1.95. The molecule has 0 radical (unpaired) electrons. The van der Waals surface area contributed by atoms with Crippen molar-refractivity contribution < 1.29 is 34.8 Å². The fourth-order valence-electron chi connectivity index (χ4n) is 2.97. The summed E-state index contributed by atoms with van der Waals surface area (Å²) in [5, 5.41) is 0. The number of rotatable bonds is 6. The van der Waals surface area contributed by atoms with Gasteiger partial charge in [-0.15, -0.1) is 0 Å². The standard InChI is InChI=1S/C24H29NO3/c1-27-22-14-19-13-20(24(26)21(19)15-23(22)28-2)12-17-8-10-25(11-9-17)16-18-6-4-3-5-7-18/h3-7,14-15,17,20H,8-13,16H2,1-2H3/i8D2,9D2,10D2,11D2,12D2,14D,15D,16D2,17D. The number of Topliss-reactive ketones (excluding diaryl/α,β-unsaturated/α-hetero) is 1. The summed E-state index contributed by atoms with van der Waals surface area (Å²) in [5.41, 5.74) is -1.06. The molecule has 28 heavy (non-hydrogen) atoms. The van der Waals surface area contributed by atoms with Crippen LogP contribution in [0.3, 0.4) is 0 Å². The lowest BCUT2D eigenvalue weighted by Crippen LogP contribution is -2.34. The largest absolute Gasteiger partial charge is 0.493 e. The zero-order valence-electron chi connectivity index (χ0n) is 30.3. The van der Waals surface area contributed by atoms with Crippen LogP contribution in [-0.4, -0.2) is 37.9 Å². The summed E-state index contributed by atoms with van der Waals surface area (Å²) in [6.45, 7) is -11.0. The van der Waals surface area contributed by atoms with E-state index in [2.05, 4.69) is 0 Å². The molecule has 0 amide bonds. The second kappa shape index (κ2) is 8.36. The summed E-state index contributed by atoms with van der Waals surface area (Å²) in [7, 11) is 2.31. The zero-order chi connectivity index (χ0) is 32.9. The molecule has 2 aromatic carbocycles. The van der Waals surface area contributed by atoms with Crippen LogP contribution in [0.15, 0.2) is 42.4 Å². The first-order chi connectivity index (χ1) is 19.5. The van der Waals surface area contributed by atoms with Gasteiger partial charge in [0.1, 0.15) is 0 Å². The lowest BCUT2D eigenvalue weighted by molar-refractivity contribution is 0.0895. The van der Waals surface area contributed by atoms with Crippen molar-refractivity contribution in [2.45, 2.75) is 32.0 Å². The zero-order valence-corrected chi connectivity index (χ0v) is 15.3. The van der Waals surface area contributed by atoms with E-state index in [-0.39, 0.29) is 27.5 Å². The van der Waals surface area contributed by atoms with Gasteiger partial charge in [-0.2, -0.15) is 0 Å². The van der Waals surface area contributed by atoms with Crippen molar-refractivity contribution >= 4 is 5.78 Å². The number of methoxy groups -OCH3 is 2. The quantitative estimate of drug-likeness (QED) is 0.730. The molecule has 4 rings (SSSR count). The van der Waals surface area contributed by atoms with E-state index in [9.17, 15) is 4.79 Å². The second-order valence-corrected chi connectivity index (χ2v) is 6.10. The van der Waals surface area contributed by atoms with Gasteiger partial charge in [0.2, 0.25) is 0 Å². The Kier molecular flexibility index (Phi) is 2.44. The van der Waals surface area contributed by atoms with Gasteiger partial charge >= 0.3 is 0 Å². The number of piperidine rings is 1. The fourth-order valence-corrected chi connectivity index (χ4v) is 2.97. The number of benzene rings is 2. The van der Waals surface area contributed by atoms with Gasteiger partial charge < -0.3 is 9.47 Å². The Morgan fingerprint density at radius 2 is 1.86 bits per heavy atom. The van der Waals surface area contributed by atoms with Crippen LogP contribution in [0.5, 0.6) is 11.5 Å². The van der Waals surface area contributed by atoms with E-state index >= 15 is 0 Å². The Bertz CT molecular complexity index is 1430. The lowest BCUT2D eigenvalue weighted by Gasteiger charge is -2.32. The van der Waals surface area contributed by atoms with E-state index in [1.807, 2.05) is 0 Å². The van der Waals surface area contributed by atoms with Gasteiger partial charge in [0, 0.05) is 35.8 Å². The number of ether oxygens (including phenoxy) is 2. The Hall–Kier alpha value is -2.33. The van der Waals surface area contributed by atoms with Crippen LogP contribution in [-0.2, 0) is 12.9 Å². The van der Waals surface area contributed by atoms with E-state index in [4.69, 9.17) is 30.0 Å². The van der Waals surface area contributed by atoms with Gasteiger partial charge in [0.15, 0.2) is 17.3 Å². The summed E-state index contributed by atoms with van der Waals surface area (Å²) in [4.78, 5) is 13.4. The summed E-state index contributed by atoms with van der Waals surface area (Å²) in [6.07, 6.45) is -12.5. The molecule has 1 unspecified atom stereocenters. The molecule has 2 aliphatic rings. The normalized spacial score (nSPS) is 37.4. The first kappa shape index (κ1) is 8.19. The smallest absolute Gasteiger partial charge is 0.166 e. The van der Waals surface area contributed by atoms with E-state index in [1.165, 1.54) is 25.3 Å². The third-order valence-electron chi connectivity index (χ3n) is 4.31. The number of carbonyl (C=O) groups is 1. The highest BCUT2D eigenvalue weighted by Crippen LogP contribution is 2.39. The predicted molar refractivity (Wildman–Crippen MR) is 110 cm³/mol. The maximum atomic E-state index is 13.7. The molecule has 148 valence electrons. The van der Waals surface area contributed by atoms with Crippen molar-refractivity contribution in [3.63, 3.8) is 0 Å². The summed E-state index contributed by atoms with van der Waals surface area (Å²) >= 11 is 0. The van der Waals surface area contributed by atoms with E-state index < -0.39 is 80.3 Å². The highest BCUT2D eigenvalue weighted by atomic mass is 16.5. The van der Waals surface area contributed by atoms with Crippen LogP contribution in [0.2, 0.25) is 0 Å². The van der Waals surface area contributed by atoms with E-state index in [0.717, 1.165) is 19.2 Å². The number of fused-ring (bicyclic) bond motifs is 1. The van der Waals surface area contributed by atoms with Crippen LogP contribution in [0, 0.1) is 11.8 Å². The molecular weight excluding hydrogens is 350 g/mol. The minimum atomic E-state index is -4.05. The first-order valence-corrected chi connectivity index (χ1v) is 8.60. The topological polar surface area (TPSA) is 38.8 Å². The van der Waals surface area contributed by atoms with Crippen LogP contribution >= 0.6 is 0 Å². The molecule has 1 aliphatic carbocycles. The highest BCUT2D eigenvalue weighted by Gasteiger charge is 2.34. The van der Waals surface area contributed by atoms with Crippen LogP contribution in [0.25, 0.3) is 0 Å². The molecule has 0 bridgehead atoms. The number of carbonyl (C=O) groups excluding carboxylic acids is 1. The number of hydrogen-bond donors (Lipinski definition) is 0. The van der Waals surface area contributed by atoms with Crippen LogP contribution < -0.4 is 9.47 Å². The van der Waals surface area contributed by atoms with Gasteiger partial charge in [0.05, 0.1) is 17.0 Å². The summed E-state index contributed by atoms with van der Waals surface area (Å²) < 4.78 is 141. The summed E-state index contributed by atoms with van der Waals surface area (Å²) in [6, 6.07) is 5.47. The van der Waals surface area contributed by atoms with Crippen molar-refractivity contribution in [3.8, 4) is 11.5 Å². The average molecular weight is 395 g/mol. The monoisotopic (exact) mass is 394 g/mol. The van der Waals surface area contributed by atoms with E-state index in [1.54, 1.807) is 0 Å². The Labute approximate surface area is 188 Å². The maximum absolute atomic E-state index is 13.7. The molecule has 1 fully saturated rings. The van der Waals surface area contributed by atoms with Crippen molar-refractivity contribution in [1.29, 1.82) is 0 Å². The SMILES string of the molecule is [2H]c1c2c(c([2H])c(OC)c1OC)C(=O)C(C([2H])([2H])C1([2H])C([2H])([2H])C([2H])([2H])N(C([2H])([2H])c3ccccc3)C([2H])([2H])C1([2H])[2H])C2. The number of ketones is 1. The van der Waals surface area contributed by atoms with Gasteiger partial charge in [-0.05, 0) is 67.6 Å². The molecule has 1 aliphatic heterocycles. The lowest BCUT2D eigenvalue weighted by atomic mass is 9.85. The molecule has 1 heterocycles. The average Bonchev–Trinajstić information content (AvgIpc) is 3.27. The van der Waals surface area contributed by atoms with Crippen molar-refractivity contribution in [1.82, 2.24) is 4.90 Å². The molecule has 0 aromatic heterocycles. The van der Waals surface area contributed by atoms with Gasteiger partial charge in [-0.1, -0.05) is 30.3 Å². The Morgan fingerprint density at radius 3 is 2.54 bits per heavy atom. The van der Waals surface area contributed by atoms with Gasteiger partial charge in [0.25, 0.3) is 0 Å². The molecule has 4 heteroatoms. The van der Waals surface area contributed by atoms with Crippen molar-refractivity contribution in [2.24, 2.45) is 11.8 Å². The molecule has 2 aromatic rings. The first-order valence-electron chi connectivity index (χ1n) is 16.1. The van der Waals surface area contributed by atoms with E-state index in [0.29, 0.717) is 0 Å². The van der Waals surface area contributed by atoms with Crippen molar-refractivity contribution in [3.05, 3.63) is 59.1 Å². The van der Waals surface area contributed by atoms with Gasteiger partial charge in [-0.25, -0.2) is 0 Å². The molecule has 1 atom stereocenters. The fraction of sp³-hybridized carbons (Fsp3) is 0.458. The molecular formula is C24H29NO3. The number of hydrogen-bond acceptors (Lipinski definition) is 4. The number of likely N-dealkylation sites (tertiary alicyclic amines) is 1. The highest BCUT2D eigenvalue weighted by molar-refractivity contribution is 6.02. The summed E-state index contributed by atoms with van der Waals surface area (Å²) in [5.74, 6) is -8.00. The van der Waals surface area contributed by atoms with Crippen LogP contribution in [0.4, 0.5) is 0 Å². The van der Waals surface area contributed by atoms with Crippen LogP contribution in [0.1, 0.15) is 61.2 Å². The minimum Gasteiger partial charge on any atom is -0.493 e. The molecule has 4 nitrogen and oxygen atoms in total. The van der Waals surface area contributed by atoms with Crippen molar-refractivity contribution in [2.75, 3.05) is 27.2 Å². The predicted octanol–water partition coefficient (Wildman–Crippen LogP) is 4.36. The molecule has 0 N–H and O–H groups in total. The third-order valence-corrected chi connectivity index (χ3v) is 4.31. The number of nitrogens with zero attached hydrogens (tertiary/aromatic N) is 1. The maximum Gasteiger partial charge on any atom is 0.166 e. The van der Waals surface area contributed by atoms with Gasteiger partial charge in [-0.3, -0.25) is 9.69 Å². The second-order valence-electron chi connectivity index (χ2n) is 6.10. The minimum absolute atomic E-state index is 0.213. The molecule has 0 saturated carbocycles. The Morgan fingerprint density at radius 1 is 1.18 bits per heavy atom. The third kappa shape index (κ3) is 3.93. The molecule has 1 saturated heterocycles. The molecule has 0 spiro atoms.